The average Bonchev–Trinajstić information content (AvgIpc) is 2.50. The Morgan fingerprint density at radius 3 is 2.14 bits per heavy atom. The number of carboxylic acids is 1. The zero-order valence-electron chi connectivity index (χ0n) is 12.2. The summed E-state index contributed by atoms with van der Waals surface area (Å²) in [7, 11) is 0. The standard InChI is InChI=1S/C12H24N4O5S/c13-4-2-1-3-8(12(20)21)15-11(19)9(6-22)16-10(18)7(14)5-17/h7-9,17,22H,1-6,13-14H2,(H,15,19)(H,16,18)(H,20,21)/t7-,8-,9-/m0/s1. The van der Waals surface area contributed by atoms with Gasteiger partial charge in [-0.25, -0.2) is 4.79 Å². The van der Waals surface area contributed by atoms with Gasteiger partial charge in [0, 0.05) is 5.75 Å². The highest BCUT2D eigenvalue weighted by Gasteiger charge is 2.26. The quantitative estimate of drug-likeness (QED) is 0.160. The van der Waals surface area contributed by atoms with E-state index in [1.807, 2.05) is 0 Å². The Bertz CT molecular complexity index is 383. The number of aliphatic hydroxyl groups is 1. The van der Waals surface area contributed by atoms with Gasteiger partial charge in [-0.2, -0.15) is 12.6 Å². The first-order valence-electron chi connectivity index (χ1n) is 6.88. The molecule has 8 N–H and O–H groups in total. The predicted molar refractivity (Wildman–Crippen MR) is 83.3 cm³/mol. The fraction of sp³-hybridized carbons (Fsp3) is 0.750. The molecule has 0 saturated carbocycles. The second kappa shape index (κ2) is 11.2. The van der Waals surface area contributed by atoms with Crippen molar-refractivity contribution in [2.45, 2.75) is 37.4 Å². The molecule has 0 aliphatic heterocycles. The van der Waals surface area contributed by atoms with Gasteiger partial charge in [0.05, 0.1) is 6.61 Å². The summed E-state index contributed by atoms with van der Waals surface area (Å²) in [6.45, 7) is -0.127. The van der Waals surface area contributed by atoms with Crippen molar-refractivity contribution >= 4 is 30.4 Å². The number of aliphatic hydroxyl groups excluding tert-OH is 1. The molecule has 0 aromatic heterocycles. The molecule has 22 heavy (non-hydrogen) atoms. The lowest BCUT2D eigenvalue weighted by Gasteiger charge is -2.21. The van der Waals surface area contributed by atoms with Gasteiger partial charge in [0.2, 0.25) is 11.8 Å². The number of nitrogens with two attached hydrogens (primary N) is 2. The van der Waals surface area contributed by atoms with Gasteiger partial charge in [0.1, 0.15) is 18.1 Å². The first-order valence-corrected chi connectivity index (χ1v) is 7.51. The van der Waals surface area contributed by atoms with E-state index < -0.39 is 42.5 Å². The van der Waals surface area contributed by atoms with Crippen LogP contribution in [0.5, 0.6) is 0 Å². The Labute approximate surface area is 134 Å². The van der Waals surface area contributed by atoms with Crippen LogP contribution in [-0.4, -0.2) is 65.0 Å². The summed E-state index contributed by atoms with van der Waals surface area (Å²) in [5.41, 5.74) is 10.7. The normalized spacial score (nSPS) is 14.7. The lowest BCUT2D eigenvalue weighted by molar-refractivity contribution is -0.142. The van der Waals surface area contributed by atoms with Crippen molar-refractivity contribution in [3.63, 3.8) is 0 Å². The topological polar surface area (TPSA) is 168 Å². The van der Waals surface area contributed by atoms with Crippen molar-refractivity contribution in [3.05, 3.63) is 0 Å². The molecule has 0 saturated heterocycles. The number of nitrogens with one attached hydrogen (secondary N) is 2. The average molecular weight is 336 g/mol. The minimum absolute atomic E-state index is 0.0368. The number of carboxylic acid groups (broad SMARTS) is 1. The van der Waals surface area contributed by atoms with Gasteiger partial charge in [-0.1, -0.05) is 0 Å². The van der Waals surface area contributed by atoms with E-state index in [0.29, 0.717) is 19.4 Å². The van der Waals surface area contributed by atoms with Gasteiger partial charge in [-0.15, -0.1) is 0 Å². The number of hydrogen-bond acceptors (Lipinski definition) is 7. The molecule has 0 rings (SSSR count). The second-order valence-electron chi connectivity index (χ2n) is 4.72. The maximum absolute atomic E-state index is 12.0. The molecule has 0 aliphatic rings. The van der Waals surface area contributed by atoms with Gasteiger partial charge in [0.15, 0.2) is 0 Å². The molecule has 0 bridgehead atoms. The van der Waals surface area contributed by atoms with E-state index in [0.717, 1.165) is 0 Å². The number of rotatable bonds is 11. The predicted octanol–water partition coefficient (Wildman–Crippen LogP) is -2.58. The zero-order chi connectivity index (χ0) is 17.1. The fourth-order valence-electron chi connectivity index (χ4n) is 1.58. The zero-order valence-corrected chi connectivity index (χ0v) is 13.1. The molecule has 3 atom stereocenters. The third-order valence-corrected chi connectivity index (χ3v) is 3.28. The molecule has 0 radical (unpaired) electrons. The Kier molecular flexibility index (Phi) is 10.5. The summed E-state index contributed by atoms with van der Waals surface area (Å²) in [6.07, 6.45) is 1.44. The van der Waals surface area contributed by atoms with Crippen LogP contribution in [0.3, 0.4) is 0 Å². The van der Waals surface area contributed by atoms with E-state index in [1.165, 1.54) is 0 Å². The minimum atomic E-state index is -1.17. The van der Waals surface area contributed by atoms with Crippen LogP contribution in [0, 0.1) is 0 Å². The van der Waals surface area contributed by atoms with E-state index in [4.69, 9.17) is 21.7 Å². The van der Waals surface area contributed by atoms with E-state index >= 15 is 0 Å². The van der Waals surface area contributed by atoms with E-state index in [-0.39, 0.29) is 12.2 Å². The molecule has 128 valence electrons. The number of hydrogen-bond donors (Lipinski definition) is 7. The molecule has 9 nitrogen and oxygen atoms in total. The number of thiol groups is 1. The molecule has 0 aliphatic carbocycles. The Hall–Kier alpha value is -1.36. The van der Waals surface area contributed by atoms with Crippen LogP contribution in [0.2, 0.25) is 0 Å². The number of carbonyl (C=O) groups excluding carboxylic acids is 2. The lowest BCUT2D eigenvalue weighted by atomic mass is 10.1. The van der Waals surface area contributed by atoms with Crippen LogP contribution in [0.4, 0.5) is 0 Å². The van der Waals surface area contributed by atoms with Crippen LogP contribution < -0.4 is 22.1 Å². The molecular formula is C12H24N4O5S. The summed E-state index contributed by atoms with van der Waals surface area (Å²) < 4.78 is 0. The van der Waals surface area contributed by atoms with E-state index in [2.05, 4.69) is 23.3 Å². The van der Waals surface area contributed by atoms with Gasteiger partial charge in [-0.05, 0) is 25.8 Å². The highest BCUT2D eigenvalue weighted by Crippen LogP contribution is 2.02. The van der Waals surface area contributed by atoms with Crippen LogP contribution in [0.15, 0.2) is 0 Å². The third-order valence-electron chi connectivity index (χ3n) is 2.91. The van der Waals surface area contributed by atoms with Gasteiger partial charge in [-0.3, -0.25) is 9.59 Å². The maximum Gasteiger partial charge on any atom is 0.326 e. The molecule has 0 heterocycles. The summed E-state index contributed by atoms with van der Waals surface area (Å²) in [5, 5.41) is 22.5. The lowest BCUT2D eigenvalue weighted by Crippen LogP contribution is -2.55. The first-order chi connectivity index (χ1) is 10.4. The van der Waals surface area contributed by atoms with Gasteiger partial charge >= 0.3 is 5.97 Å². The molecule has 0 fully saturated rings. The third kappa shape index (κ3) is 7.59. The molecule has 0 aromatic carbocycles. The second-order valence-corrected chi connectivity index (χ2v) is 5.08. The molecule has 0 unspecified atom stereocenters. The first kappa shape index (κ1) is 20.6. The Morgan fingerprint density at radius 2 is 1.68 bits per heavy atom. The smallest absolute Gasteiger partial charge is 0.326 e. The molecular weight excluding hydrogens is 312 g/mol. The minimum Gasteiger partial charge on any atom is -0.480 e. The largest absolute Gasteiger partial charge is 0.480 e. The van der Waals surface area contributed by atoms with E-state index in [9.17, 15) is 14.4 Å². The van der Waals surface area contributed by atoms with Crippen molar-refractivity contribution < 1.29 is 24.6 Å². The number of aliphatic carboxylic acids is 1. The summed E-state index contributed by atoms with van der Waals surface area (Å²) in [6, 6.07) is -3.26. The number of unbranched alkanes of at least 4 members (excludes halogenated alkanes) is 1. The van der Waals surface area contributed by atoms with Crippen molar-refractivity contribution in [1.29, 1.82) is 0 Å². The number of amides is 2. The Morgan fingerprint density at radius 1 is 1.09 bits per heavy atom. The van der Waals surface area contributed by atoms with Crippen LogP contribution in [-0.2, 0) is 14.4 Å². The summed E-state index contributed by atoms with van der Waals surface area (Å²) >= 11 is 3.94. The highest BCUT2D eigenvalue weighted by molar-refractivity contribution is 7.80. The van der Waals surface area contributed by atoms with Crippen LogP contribution in [0.1, 0.15) is 19.3 Å². The van der Waals surface area contributed by atoms with Crippen molar-refractivity contribution in [3.8, 4) is 0 Å². The van der Waals surface area contributed by atoms with Crippen molar-refractivity contribution in [2.75, 3.05) is 18.9 Å². The SMILES string of the molecule is NCCCC[C@H](NC(=O)[C@H](CS)NC(=O)[C@@H](N)CO)C(=O)O. The van der Waals surface area contributed by atoms with Crippen molar-refractivity contribution in [2.24, 2.45) is 11.5 Å². The monoisotopic (exact) mass is 336 g/mol. The van der Waals surface area contributed by atoms with Crippen LogP contribution >= 0.6 is 12.6 Å². The molecule has 0 spiro atoms. The van der Waals surface area contributed by atoms with Crippen LogP contribution in [0.25, 0.3) is 0 Å². The highest BCUT2D eigenvalue weighted by atomic mass is 32.1. The molecule has 10 heteroatoms. The Balaban J connectivity index is 4.60. The summed E-state index contributed by atoms with van der Waals surface area (Å²) in [4.78, 5) is 34.7. The molecule has 2 amide bonds. The van der Waals surface area contributed by atoms with E-state index in [1.54, 1.807) is 0 Å². The number of carbonyl (C=O) groups is 3. The molecule has 0 aromatic rings. The maximum atomic E-state index is 12.0. The fourth-order valence-corrected chi connectivity index (χ4v) is 1.84. The van der Waals surface area contributed by atoms with Gasteiger partial charge in [0.25, 0.3) is 0 Å². The van der Waals surface area contributed by atoms with Crippen molar-refractivity contribution in [1.82, 2.24) is 10.6 Å². The summed E-state index contributed by atoms with van der Waals surface area (Å²) in [5.74, 6) is -2.59. The van der Waals surface area contributed by atoms with Gasteiger partial charge < -0.3 is 32.3 Å².